The zero-order valence-electron chi connectivity index (χ0n) is 13.3. The summed E-state index contributed by atoms with van der Waals surface area (Å²) in [6, 6.07) is 5.47. The molecule has 0 saturated heterocycles. The van der Waals surface area contributed by atoms with Gasteiger partial charge in [-0.25, -0.2) is 13.1 Å². The number of nitro groups is 1. The van der Waals surface area contributed by atoms with Gasteiger partial charge in [-0.3, -0.25) is 10.1 Å². The summed E-state index contributed by atoms with van der Waals surface area (Å²) in [7, 11) is -3.44. The molecule has 0 radical (unpaired) electrons. The minimum atomic E-state index is -3.44. The molecule has 124 valence electrons. The molecule has 1 atom stereocenters. The van der Waals surface area contributed by atoms with Crippen LogP contribution in [0.2, 0.25) is 0 Å². The van der Waals surface area contributed by atoms with Crippen LogP contribution in [0.5, 0.6) is 0 Å². The van der Waals surface area contributed by atoms with E-state index in [0.29, 0.717) is 11.5 Å². The number of non-ortho nitro benzene ring substituents is 1. The number of sulfonamides is 1. The van der Waals surface area contributed by atoms with Crippen LogP contribution in [0.15, 0.2) is 24.3 Å². The largest absolute Gasteiger partial charge is 0.269 e. The summed E-state index contributed by atoms with van der Waals surface area (Å²) in [6.45, 7) is 6.14. The average molecular weight is 328 g/mol. The minimum Gasteiger partial charge on any atom is -0.258 e. The van der Waals surface area contributed by atoms with Crippen LogP contribution in [0, 0.1) is 16.0 Å². The Labute approximate surface area is 132 Å². The molecule has 22 heavy (non-hydrogen) atoms. The van der Waals surface area contributed by atoms with Crippen molar-refractivity contribution in [3.63, 3.8) is 0 Å². The summed E-state index contributed by atoms with van der Waals surface area (Å²) >= 11 is 0. The van der Waals surface area contributed by atoms with E-state index >= 15 is 0 Å². The molecular weight excluding hydrogens is 304 g/mol. The quantitative estimate of drug-likeness (QED) is 0.556. The summed E-state index contributed by atoms with van der Waals surface area (Å²) in [5.41, 5.74) is 0.489. The van der Waals surface area contributed by atoms with Gasteiger partial charge in [0.1, 0.15) is 0 Å². The molecule has 0 aliphatic carbocycles. The lowest BCUT2D eigenvalue weighted by Gasteiger charge is -2.14. The second-order valence-electron chi connectivity index (χ2n) is 6.03. The normalized spacial score (nSPS) is 13.3. The number of benzene rings is 1. The van der Waals surface area contributed by atoms with Crippen LogP contribution in [-0.2, 0) is 15.8 Å². The fourth-order valence-electron chi connectivity index (χ4n) is 2.17. The highest BCUT2D eigenvalue weighted by Gasteiger charge is 2.16. The van der Waals surface area contributed by atoms with Crippen molar-refractivity contribution in [2.45, 2.75) is 51.8 Å². The lowest BCUT2D eigenvalue weighted by molar-refractivity contribution is -0.384. The van der Waals surface area contributed by atoms with Crippen molar-refractivity contribution in [2.24, 2.45) is 5.92 Å². The second-order valence-corrected chi connectivity index (χ2v) is 7.78. The fraction of sp³-hybridized carbons (Fsp3) is 0.600. The van der Waals surface area contributed by atoms with Crippen molar-refractivity contribution in [1.82, 2.24) is 4.72 Å². The van der Waals surface area contributed by atoms with Crippen molar-refractivity contribution < 1.29 is 13.3 Å². The molecule has 0 saturated carbocycles. The lowest BCUT2D eigenvalue weighted by atomic mass is 10.0. The van der Waals surface area contributed by atoms with Crippen LogP contribution in [0.1, 0.15) is 45.6 Å². The molecule has 1 rings (SSSR count). The van der Waals surface area contributed by atoms with Gasteiger partial charge in [0.05, 0.1) is 10.7 Å². The van der Waals surface area contributed by atoms with Crippen molar-refractivity contribution in [3.8, 4) is 0 Å². The molecule has 0 spiro atoms. The van der Waals surface area contributed by atoms with Gasteiger partial charge in [-0.1, -0.05) is 38.8 Å². The third-order valence-corrected chi connectivity index (χ3v) is 4.78. The Kier molecular flexibility index (Phi) is 6.96. The van der Waals surface area contributed by atoms with Crippen molar-refractivity contribution in [2.75, 3.05) is 0 Å². The highest BCUT2D eigenvalue weighted by molar-refractivity contribution is 7.88. The Morgan fingerprint density at radius 1 is 1.14 bits per heavy atom. The summed E-state index contributed by atoms with van der Waals surface area (Å²) < 4.78 is 26.8. The molecule has 0 amide bonds. The van der Waals surface area contributed by atoms with E-state index in [9.17, 15) is 18.5 Å². The molecule has 6 nitrogen and oxygen atoms in total. The van der Waals surface area contributed by atoms with Crippen LogP contribution in [0.4, 0.5) is 5.69 Å². The van der Waals surface area contributed by atoms with Gasteiger partial charge in [0.2, 0.25) is 10.0 Å². The Bertz CT molecular complexity index is 582. The maximum absolute atomic E-state index is 12.1. The van der Waals surface area contributed by atoms with Crippen LogP contribution < -0.4 is 4.72 Å². The third-order valence-electron chi connectivity index (χ3n) is 3.30. The molecular formula is C15H24N2O4S. The molecule has 0 heterocycles. The van der Waals surface area contributed by atoms with E-state index in [4.69, 9.17) is 0 Å². The molecule has 1 aromatic carbocycles. The zero-order chi connectivity index (χ0) is 16.8. The fourth-order valence-corrected chi connectivity index (χ4v) is 3.62. The first kappa shape index (κ1) is 18.6. The van der Waals surface area contributed by atoms with Crippen LogP contribution in [0.25, 0.3) is 0 Å². The van der Waals surface area contributed by atoms with Gasteiger partial charge >= 0.3 is 0 Å². The van der Waals surface area contributed by atoms with Gasteiger partial charge in [0.25, 0.3) is 5.69 Å². The molecule has 0 bridgehead atoms. The Morgan fingerprint density at radius 2 is 1.73 bits per heavy atom. The highest BCUT2D eigenvalue weighted by Crippen LogP contribution is 2.14. The standard InChI is InChI=1S/C15H24N2O4S/c1-12(2)5-4-6-13(3)16-22(20,21)11-14-7-9-15(10-8-14)17(18)19/h7-10,12-13,16H,4-6,11H2,1-3H3. The SMILES string of the molecule is CC(C)CCCC(C)NS(=O)(=O)Cc1ccc([N+](=O)[O-])cc1. The molecule has 1 aromatic rings. The van der Waals surface area contributed by atoms with Gasteiger partial charge < -0.3 is 0 Å². The van der Waals surface area contributed by atoms with Gasteiger partial charge in [0.15, 0.2) is 0 Å². The number of nitro benzene ring substituents is 1. The van der Waals surface area contributed by atoms with Gasteiger partial charge in [-0.15, -0.1) is 0 Å². The Hall–Kier alpha value is -1.47. The Morgan fingerprint density at radius 3 is 2.23 bits per heavy atom. The maximum Gasteiger partial charge on any atom is 0.269 e. The van der Waals surface area contributed by atoms with Gasteiger partial charge in [-0.2, -0.15) is 0 Å². The lowest BCUT2D eigenvalue weighted by Crippen LogP contribution is -2.33. The molecule has 0 fully saturated rings. The molecule has 1 N–H and O–H groups in total. The number of rotatable bonds is 9. The number of nitrogens with one attached hydrogen (secondary N) is 1. The Balaban J connectivity index is 2.54. The van der Waals surface area contributed by atoms with E-state index < -0.39 is 14.9 Å². The van der Waals surface area contributed by atoms with Crippen molar-refractivity contribution >= 4 is 15.7 Å². The maximum atomic E-state index is 12.1. The molecule has 1 unspecified atom stereocenters. The minimum absolute atomic E-state index is 0.0452. The van der Waals surface area contributed by atoms with Crippen LogP contribution in [0.3, 0.4) is 0 Å². The van der Waals surface area contributed by atoms with E-state index in [1.807, 2.05) is 6.92 Å². The summed E-state index contributed by atoms with van der Waals surface area (Å²) in [5.74, 6) is 0.448. The monoisotopic (exact) mass is 328 g/mol. The third kappa shape index (κ3) is 7.00. The van der Waals surface area contributed by atoms with E-state index in [2.05, 4.69) is 18.6 Å². The summed E-state index contributed by atoms with van der Waals surface area (Å²) in [5, 5.41) is 10.6. The number of hydrogen-bond donors (Lipinski definition) is 1. The first-order valence-corrected chi connectivity index (χ1v) is 9.08. The zero-order valence-corrected chi connectivity index (χ0v) is 14.1. The average Bonchev–Trinajstić information content (AvgIpc) is 2.37. The van der Waals surface area contributed by atoms with E-state index in [1.165, 1.54) is 24.3 Å². The summed E-state index contributed by atoms with van der Waals surface area (Å²) in [6.07, 6.45) is 2.87. The number of nitrogens with zero attached hydrogens (tertiary/aromatic N) is 1. The van der Waals surface area contributed by atoms with Crippen molar-refractivity contribution in [1.29, 1.82) is 0 Å². The first-order chi connectivity index (χ1) is 10.2. The molecule has 0 aliphatic rings. The van der Waals surface area contributed by atoms with E-state index in [0.717, 1.165) is 19.3 Å². The van der Waals surface area contributed by atoms with Crippen LogP contribution in [-0.4, -0.2) is 19.4 Å². The smallest absolute Gasteiger partial charge is 0.258 e. The first-order valence-electron chi connectivity index (χ1n) is 7.43. The van der Waals surface area contributed by atoms with E-state index in [1.54, 1.807) is 0 Å². The van der Waals surface area contributed by atoms with Gasteiger partial charge in [0, 0.05) is 18.2 Å². The predicted octanol–water partition coefficient (Wildman–Crippen LogP) is 3.23. The van der Waals surface area contributed by atoms with E-state index in [-0.39, 0.29) is 17.5 Å². The molecule has 0 aromatic heterocycles. The number of hydrogen-bond acceptors (Lipinski definition) is 4. The molecule has 0 aliphatic heterocycles. The second kappa shape index (κ2) is 8.24. The van der Waals surface area contributed by atoms with Gasteiger partial charge in [-0.05, 0) is 24.8 Å². The van der Waals surface area contributed by atoms with Crippen LogP contribution >= 0.6 is 0 Å². The predicted molar refractivity (Wildman–Crippen MR) is 87.0 cm³/mol. The molecule has 7 heteroatoms. The topological polar surface area (TPSA) is 89.3 Å². The highest BCUT2D eigenvalue weighted by atomic mass is 32.2. The summed E-state index contributed by atoms with van der Waals surface area (Å²) in [4.78, 5) is 10.1. The van der Waals surface area contributed by atoms with Crippen molar-refractivity contribution in [3.05, 3.63) is 39.9 Å².